The molecule has 148 valence electrons. The maximum absolute atomic E-state index is 8.88. The number of unbranched alkanes of at least 4 members (excludes halogenated alkanes) is 1. The van der Waals surface area contributed by atoms with Crippen LogP contribution in [0.3, 0.4) is 0 Å². The van der Waals surface area contributed by atoms with Gasteiger partial charge in [-0.2, -0.15) is 5.10 Å². The highest BCUT2D eigenvalue weighted by Crippen LogP contribution is 2.26. The van der Waals surface area contributed by atoms with Crippen molar-refractivity contribution in [2.45, 2.75) is 25.8 Å². The summed E-state index contributed by atoms with van der Waals surface area (Å²) in [6.07, 6.45) is 9.18. The molecule has 1 aliphatic heterocycles. The summed E-state index contributed by atoms with van der Waals surface area (Å²) in [5.41, 5.74) is 2.74. The fourth-order valence-electron chi connectivity index (χ4n) is 2.80. The molecule has 0 saturated carbocycles. The Morgan fingerprint density at radius 3 is 2.33 bits per heavy atom. The molecule has 0 radical (unpaired) electrons. The van der Waals surface area contributed by atoms with Crippen molar-refractivity contribution in [2.24, 2.45) is 0 Å². The highest BCUT2D eigenvalue weighted by Gasteiger charge is 2.12. The molecule has 2 aromatic rings. The molecule has 1 aromatic heterocycles. The highest BCUT2D eigenvalue weighted by atomic mass is 35.5. The van der Waals surface area contributed by atoms with Crippen LogP contribution >= 0.6 is 19.4 Å². The summed E-state index contributed by atoms with van der Waals surface area (Å²) in [6.45, 7) is 4.29. The summed E-state index contributed by atoms with van der Waals surface area (Å²) in [5, 5.41) is 4.92. The topological polar surface area (TPSA) is 112 Å². The smallest absolute Gasteiger partial charge is 0.303 e. The van der Waals surface area contributed by atoms with Crippen LogP contribution in [0.1, 0.15) is 24.8 Å². The van der Waals surface area contributed by atoms with Gasteiger partial charge in [0.25, 0.3) is 0 Å². The van der Waals surface area contributed by atoms with Crippen LogP contribution in [-0.2, 0) is 11.1 Å². The van der Waals surface area contributed by atoms with E-state index in [2.05, 4.69) is 33.2 Å². The van der Waals surface area contributed by atoms with Gasteiger partial charge in [0.05, 0.1) is 0 Å². The first-order valence-corrected chi connectivity index (χ1v) is 10.5. The second kappa shape index (κ2) is 10.7. The Morgan fingerprint density at radius 2 is 1.78 bits per heavy atom. The van der Waals surface area contributed by atoms with Crippen LogP contribution in [0.5, 0.6) is 0 Å². The van der Waals surface area contributed by atoms with Gasteiger partial charge in [0.1, 0.15) is 12.7 Å². The van der Waals surface area contributed by atoms with E-state index in [1.54, 1.807) is 12.7 Å². The zero-order chi connectivity index (χ0) is 19.7. The number of phosphoric acid groups is 1. The molecule has 2 heterocycles. The molecule has 1 aromatic carbocycles. The van der Waals surface area contributed by atoms with E-state index in [4.69, 9.17) is 30.8 Å². The van der Waals surface area contributed by atoms with Crippen molar-refractivity contribution < 1.29 is 19.2 Å². The van der Waals surface area contributed by atoms with E-state index < -0.39 is 7.82 Å². The first-order chi connectivity index (χ1) is 12.8. The first kappa shape index (κ1) is 21.8. The molecule has 0 fully saturated rings. The molecule has 27 heavy (non-hydrogen) atoms. The van der Waals surface area contributed by atoms with E-state index in [1.165, 1.54) is 17.6 Å². The number of aromatic nitrogens is 3. The van der Waals surface area contributed by atoms with Crippen LogP contribution in [-0.4, -0.2) is 54.0 Å². The third-order valence-electron chi connectivity index (χ3n) is 4.09. The summed E-state index contributed by atoms with van der Waals surface area (Å²) in [5.74, 6) is 0. The van der Waals surface area contributed by atoms with Gasteiger partial charge < -0.3 is 14.7 Å². The van der Waals surface area contributed by atoms with Gasteiger partial charge in [0.2, 0.25) is 0 Å². The maximum atomic E-state index is 8.88. The summed E-state index contributed by atoms with van der Waals surface area (Å²) in [7, 11) is -4.64. The standard InChI is InChI=1S/C17H21ClN4.H3O4P/c18-17-5-3-15(4-6-17)16-7-11-21(12-8-16)9-1-2-10-22-14-19-13-20-22;1-5(2,3)4/h3-7,13-14H,1-2,8-12H2;(H3,1,2,3,4). The molecule has 0 saturated heterocycles. The fraction of sp³-hybridized carbons (Fsp3) is 0.412. The zero-order valence-corrected chi connectivity index (χ0v) is 16.5. The predicted octanol–water partition coefficient (Wildman–Crippen LogP) is 2.57. The number of nitrogens with zero attached hydrogens (tertiary/aromatic N) is 4. The van der Waals surface area contributed by atoms with Gasteiger partial charge >= 0.3 is 7.82 Å². The minimum absolute atomic E-state index is 0.800. The Kier molecular flexibility index (Phi) is 8.63. The predicted molar refractivity (Wildman–Crippen MR) is 104 cm³/mol. The monoisotopic (exact) mass is 414 g/mol. The Labute approximate surface area is 163 Å². The Morgan fingerprint density at radius 1 is 1.11 bits per heavy atom. The summed E-state index contributed by atoms with van der Waals surface area (Å²) < 4.78 is 10.8. The molecule has 3 N–H and O–H groups in total. The Hall–Kier alpha value is -1.54. The van der Waals surface area contributed by atoms with Crippen LogP contribution in [0.2, 0.25) is 5.02 Å². The molecule has 0 bridgehead atoms. The fourth-order valence-corrected chi connectivity index (χ4v) is 2.92. The van der Waals surface area contributed by atoms with Gasteiger partial charge in [-0.3, -0.25) is 9.58 Å². The summed E-state index contributed by atoms with van der Waals surface area (Å²) >= 11 is 5.94. The lowest BCUT2D eigenvalue weighted by Crippen LogP contribution is -2.29. The second-order valence-corrected chi connectivity index (χ2v) is 7.63. The van der Waals surface area contributed by atoms with Crippen molar-refractivity contribution in [3.8, 4) is 0 Å². The molecule has 1 aliphatic rings. The Balaban J connectivity index is 0.000000465. The normalized spacial score (nSPS) is 15.0. The third kappa shape index (κ3) is 9.28. The minimum atomic E-state index is -4.64. The quantitative estimate of drug-likeness (QED) is 0.492. The van der Waals surface area contributed by atoms with Crippen LogP contribution < -0.4 is 0 Å². The highest BCUT2D eigenvalue weighted by molar-refractivity contribution is 7.45. The van der Waals surface area contributed by atoms with Crippen LogP contribution in [0.25, 0.3) is 5.57 Å². The molecule has 0 aliphatic carbocycles. The minimum Gasteiger partial charge on any atom is -0.303 e. The lowest BCUT2D eigenvalue weighted by Gasteiger charge is -2.26. The van der Waals surface area contributed by atoms with E-state index in [0.717, 1.165) is 44.0 Å². The Bertz CT molecular complexity index is 753. The van der Waals surface area contributed by atoms with Crippen molar-refractivity contribution in [1.29, 1.82) is 0 Å². The average Bonchev–Trinajstić information content (AvgIpc) is 3.12. The molecule has 3 rings (SSSR count). The van der Waals surface area contributed by atoms with Crippen LogP contribution in [0, 0.1) is 0 Å². The molecule has 0 amide bonds. The average molecular weight is 415 g/mol. The van der Waals surface area contributed by atoms with Crippen LogP contribution in [0.4, 0.5) is 0 Å². The number of aryl methyl sites for hydroxylation is 1. The number of benzene rings is 1. The van der Waals surface area contributed by atoms with Crippen LogP contribution in [0.15, 0.2) is 43.0 Å². The van der Waals surface area contributed by atoms with Crippen molar-refractivity contribution >= 4 is 25.0 Å². The molecule has 10 heteroatoms. The molecule has 0 spiro atoms. The maximum Gasteiger partial charge on any atom is 0.466 e. The van der Waals surface area contributed by atoms with Gasteiger partial charge in [-0.15, -0.1) is 0 Å². The molecule has 8 nitrogen and oxygen atoms in total. The van der Waals surface area contributed by atoms with Crippen molar-refractivity contribution in [2.75, 3.05) is 19.6 Å². The molecular formula is C17H24ClN4O4P. The second-order valence-electron chi connectivity index (χ2n) is 6.17. The summed E-state index contributed by atoms with van der Waals surface area (Å²) in [4.78, 5) is 28.0. The lowest BCUT2D eigenvalue weighted by molar-refractivity contribution is 0.275. The molecule has 0 atom stereocenters. The molecular weight excluding hydrogens is 391 g/mol. The number of rotatable bonds is 6. The van der Waals surface area contributed by atoms with Gasteiger partial charge in [-0.05, 0) is 49.1 Å². The van der Waals surface area contributed by atoms with Gasteiger partial charge in [-0.1, -0.05) is 29.8 Å². The number of hydrogen-bond donors (Lipinski definition) is 3. The zero-order valence-electron chi connectivity index (χ0n) is 14.9. The van der Waals surface area contributed by atoms with E-state index >= 15 is 0 Å². The first-order valence-electron chi connectivity index (χ1n) is 8.59. The SMILES string of the molecule is Clc1ccc(C2=CCN(CCCCn3cncn3)CC2)cc1.O=P(O)(O)O. The van der Waals surface area contributed by atoms with Gasteiger partial charge in [0.15, 0.2) is 0 Å². The van der Waals surface area contributed by atoms with E-state index in [0.29, 0.717) is 0 Å². The van der Waals surface area contributed by atoms with Gasteiger partial charge in [0, 0.05) is 24.7 Å². The number of halogens is 1. The van der Waals surface area contributed by atoms with Gasteiger partial charge in [-0.25, -0.2) is 9.55 Å². The largest absolute Gasteiger partial charge is 0.466 e. The van der Waals surface area contributed by atoms with Crippen molar-refractivity contribution in [3.63, 3.8) is 0 Å². The van der Waals surface area contributed by atoms with E-state index in [1.807, 2.05) is 16.8 Å². The van der Waals surface area contributed by atoms with Crippen molar-refractivity contribution in [1.82, 2.24) is 19.7 Å². The summed E-state index contributed by atoms with van der Waals surface area (Å²) in [6, 6.07) is 8.16. The lowest BCUT2D eigenvalue weighted by atomic mass is 9.99. The third-order valence-corrected chi connectivity index (χ3v) is 4.34. The van der Waals surface area contributed by atoms with Crippen molar-refractivity contribution in [3.05, 3.63) is 53.6 Å². The van der Waals surface area contributed by atoms with E-state index in [9.17, 15) is 0 Å². The van der Waals surface area contributed by atoms with E-state index in [-0.39, 0.29) is 0 Å². The number of hydrogen-bond acceptors (Lipinski definition) is 4. The molecule has 0 unspecified atom stereocenters.